The number of thiazole rings is 1. The van der Waals surface area contributed by atoms with Gasteiger partial charge in [-0.25, -0.2) is 4.98 Å². The Morgan fingerprint density at radius 2 is 1.81 bits per heavy atom. The average Bonchev–Trinajstić information content (AvgIpc) is 3.34. The van der Waals surface area contributed by atoms with Crippen LogP contribution in [0, 0.1) is 0 Å². The number of hydrogen-bond donors (Lipinski definition) is 0. The third-order valence-electron chi connectivity index (χ3n) is 4.36. The minimum absolute atomic E-state index is 0.292. The van der Waals surface area contributed by atoms with Crippen LogP contribution in [-0.4, -0.2) is 46.2 Å². The zero-order valence-electron chi connectivity index (χ0n) is 14.2. The fourth-order valence-electron chi connectivity index (χ4n) is 2.91. The SMILES string of the molecule is FC(F)(F)c1ccc(-c2noc(CN3CCN(c4nccs4)CC3)n2)cc1. The molecule has 0 amide bonds. The Morgan fingerprint density at radius 3 is 2.44 bits per heavy atom. The van der Waals surface area contributed by atoms with Crippen molar-refractivity contribution in [3.63, 3.8) is 0 Å². The smallest absolute Gasteiger partial charge is 0.346 e. The van der Waals surface area contributed by atoms with Crippen molar-refractivity contribution in [3.05, 3.63) is 47.3 Å². The first-order valence-electron chi connectivity index (χ1n) is 8.36. The lowest BCUT2D eigenvalue weighted by Gasteiger charge is -2.33. The van der Waals surface area contributed by atoms with Gasteiger partial charge in [0.1, 0.15) is 0 Å². The van der Waals surface area contributed by atoms with E-state index >= 15 is 0 Å². The van der Waals surface area contributed by atoms with Crippen LogP contribution >= 0.6 is 11.3 Å². The summed E-state index contributed by atoms with van der Waals surface area (Å²) in [6.07, 6.45) is -2.56. The molecule has 0 saturated carbocycles. The number of halogens is 3. The van der Waals surface area contributed by atoms with Crippen LogP contribution in [-0.2, 0) is 12.7 Å². The zero-order valence-corrected chi connectivity index (χ0v) is 15.0. The first-order valence-corrected chi connectivity index (χ1v) is 9.24. The van der Waals surface area contributed by atoms with E-state index in [1.165, 1.54) is 12.1 Å². The summed E-state index contributed by atoms with van der Waals surface area (Å²) >= 11 is 1.62. The molecule has 4 rings (SSSR count). The molecule has 1 aromatic carbocycles. The number of hydrogen-bond acceptors (Lipinski definition) is 7. The lowest BCUT2D eigenvalue weighted by atomic mass is 10.1. The van der Waals surface area contributed by atoms with Crippen molar-refractivity contribution in [2.75, 3.05) is 31.1 Å². The van der Waals surface area contributed by atoms with E-state index in [-0.39, 0.29) is 0 Å². The molecule has 1 aliphatic heterocycles. The minimum atomic E-state index is -4.36. The van der Waals surface area contributed by atoms with E-state index in [9.17, 15) is 13.2 Å². The summed E-state index contributed by atoms with van der Waals surface area (Å²) in [5, 5.41) is 6.87. The van der Waals surface area contributed by atoms with E-state index in [1.807, 2.05) is 5.38 Å². The van der Waals surface area contributed by atoms with E-state index in [0.29, 0.717) is 23.8 Å². The predicted molar refractivity (Wildman–Crippen MR) is 94.3 cm³/mol. The lowest BCUT2D eigenvalue weighted by Crippen LogP contribution is -2.46. The molecule has 0 aliphatic carbocycles. The van der Waals surface area contributed by atoms with Crippen molar-refractivity contribution in [2.24, 2.45) is 0 Å². The second-order valence-electron chi connectivity index (χ2n) is 6.16. The molecule has 0 atom stereocenters. The Bertz CT molecular complexity index is 871. The Kier molecular flexibility index (Phi) is 4.83. The van der Waals surface area contributed by atoms with Crippen molar-refractivity contribution in [3.8, 4) is 11.4 Å². The predicted octanol–water partition coefficient (Wildman–Crippen LogP) is 3.53. The number of anilines is 1. The minimum Gasteiger partial charge on any atom is -0.346 e. The largest absolute Gasteiger partial charge is 0.416 e. The fraction of sp³-hybridized carbons (Fsp3) is 0.353. The molecule has 3 aromatic rings. The topological polar surface area (TPSA) is 58.3 Å². The number of benzene rings is 1. The summed E-state index contributed by atoms with van der Waals surface area (Å²) in [6.45, 7) is 3.94. The molecule has 6 nitrogen and oxygen atoms in total. The highest BCUT2D eigenvalue weighted by atomic mass is 32.1. The van der Waals surface area contributed by atoms with Gasteiger partial charge in [-0.15, -0.1) is 11.3 Å². The fourth-order valence-corrected chi connectivity index (χ4v) is 3.60. The van der Waals surface area contributed by atoms with Gasteiger partial charge in [-0.1, -0.05) is 17.3 Å². The number of piperazine rings is 1. The van der Waals surface area contributed by atoms with E-state index in [2.05, 4.69) is 24.9 Å². The number of aromatic nitrogens is 3. The normalized spacial score (nSPS) is 16.0. The van der Waals surface area contributed by atoms with Gasteiger partial charge >= 0.3 is 6.18 Å². The van der Waals surface area contributed by atoms with Crippen LogP contribution in [0.2, 0.25) is 0 Å². The second-order valence-corrected chi connectivity index (χ2v) is 7.04. The third-order valence-corrected chi connectivity index (χ3v) is 5.19. The zero-order chi connectivity index (χ0) is 18.9. The molecule has 0 bridgehead atoms. The Morgan fingerprint density at radius 1 is 1.07 bits per heavy atom. The highest BCUT2D eigenvalue weighted by Crippen LogP contribution is 2.30. The summed E-state index contributed by atoms with van der Waals surface area (Å²) in [5.41, 5.74) is -0.209. The van der Waals surface area contributed by atoms with Crippen LogP contribution in [0.4, 0.5) is 18.3 Å². The third kappa shape index (κ3) is 4.11. The standard InChI is InChI=1S/C17H16F3N5OS/c18-17(19,20)13-3-1-12(2-4-13)15-22-14(26-23-15)11-24-6-8-25(9-7-24)16-21-5-10-27-16/h1-5,10H,6-9,11H2. The highest BCUT2D eigenvalue weighted by Gasteiger charge is 2.30. The second kappa shape index (κ2) is 7.28. The van der Waals surface area contributed by atoms with E-state index in [4.69, 9.17) is 4.52 Å². The Balaban J connectivity index is 1.36. The van der Waals surface area contributed by atoms with E-state index < -0.39 is 11.7 Å². The van der Waals surface area contributed by atoms with E-state index in [0.717, 1.165) is 43.4 Å². The Hall–Kier alpha value is -2.46. The van der Waals surface area contributed by atoms with Crippen LogP contribution < -0.4 is 4.90 Å². The summed E-state index contributed by atoms with van der Waals surface area (Å²) in [6, 6.07) is 4.74. The molecule has 1 aliphatic rings. The summed E-state index contributed by atoms with van der Waals surface area (Å²) < 4.78 is 43.2. The molecule has 2 aromatic heterocycles. The molecule has 3 heterocycles. The maximum Gasteiger partial charge on any atom is 0.416 e. The van der Waals surface area contributed by atoms with Crippen molar-refractivity contribution < 1.29 is 17.7 Å². The van der Waals surface area contributed by atoms with Gasteiger partial charge in [0.05, 0.1) is 12.1 Å². The highest BCUT2D eigenvalue weighted by molar-refractivity contribution is 7.13. The van der Waals surface area contributed by atoms with Gasteiger partial charge in [0.2, 0.25) is 11.7 Å². The van der Waals surface area contributed by atoms with Crippen LogP contribution in [0.15, 0.2) is 40.4 Å². The van der Waals surface area contributed by atoms with Gasteiger partial charge in [-0.2, -0.15) is 18.2 Å². The van der Waals surface area contributed by atoms with Gasteiger partial charge in [0.25, 0.3) is 0 Å². The molecule has 27 heavy (non-hydrogen) atoms. The summed E-state index contributed by atoms with van der Waals surface area (Å²) in [4.78, 5) is 13.1. The van der Waals surface area contributed by atoms with Crippen molar-refractivity contribution >= 4 is 16.5 Å². The van der Waals surface area contributed by atoms with Crippen LogP contribution in [0.5, 0.6) is 0 Å². The molecule has 0 unspecified atom stereocenters. The van der Waals surface area contributed by atoms with Crippen LogP contribution in [0.1, 0.15) is 11.5 Å². The quantitative estimate of drug-likeness (QED) is 0.674. The molecular weight excluding hydrogens is 379 g/mol. The molecule has 0 N–H and O–H groups in total. The van der Waals surface area contributed by atoms with Crippen LogP contribution in [0.3, 0.4) is 0 Å². The van der Waals surface area contributed by atoms with Gasteiger partial charge in [0.15, 0.2) is 5.13 Å². The average molecular weight is 395 g/mol. The lowest BCUT2D eigenvalue weighted by molar-refractivity contribution is -0.137. The van der Waals surface area contributed by atoms with Crippen molar-refractivity contribution in [1.82, 2.24) is 20.0 Å². The van der Waals surface area contributed by atoms with Gasteiger partial charge in [0, 0.05) is 43.3 Å². The molecule has 1 fully saturated rings. The molecule has 1 saturated heterocycles. The summed E-state index contributed by atoms with van der Waals surface area (Å²) in [5.74, 6) is 0.743. The van der Waals surface area contributed by atoms with E-state index in [1.54, 1.807) is 17.5 Å². The van der Waals surface area contributed by atoms with Gasteiger partial charge in [-0.3, -0.25) is 4.90 Å². The molecule has 0 spiro atoms. The number of rotatable bonds is 4. The van der Waals surface area contributed by atoms with Gasteiger partial charge < -0.3 is 9.42 Å². The number of nitrogens with zero attached hydrogens (tertiary/aromatic N) is 5. The molecule has 0 radical (unpaired) electrons. The number of alkyl halides is 3. The van der Waals surface area contributed by atoms with Crippen molar-refractivity contribution in [2.45, 2.75) is 12.7 Å². The summed E-state index contributed by atoms with van der Waals surface area (Å²) in [7, 11) is 0. The first kappa shape index (κ1) is 17.9. The van der Waals surface area contributed by atoms with Gasteiger partial charge in [-0.05, 0) is 12.1 Å². The molecule has 142 valence electrons. The molecular formula is C17H16F3N5OS. The molecule has 10 heteroatoms. The monoisotopic (exact) mass is 395 g/mol. The Labute approximate surface area is 157 Å². The first-order chi connectivity index (χ1) is 13.0. The van der Waals surface area contributed by atoms with Crippen molar-refractivity contribution in [1.29, 1.82) is 0 Å². The van der Waals surface area contributed by atoms with Crippen LogP contribution in [0.25, 0.3) is 11.4 Å². The maximum absolute atomic E-state index is 12.6. The maximum atomic E-state index is 12.6.